The third-order valence-electron chi connectivity index (χ3n) is 4.52. The number of nitrogens with zero attached hydrogens (tertiary/aromatic N) is 1. The number of rotatable bonds is 10. The molecule has 0 radical (unpaired) electrons. The van der Waals surface area contributed by atoms with Crippen molar-refractivity contribution in [1.29, 1.82) is 0 Å². The van der Waals surface area contributed by atoms with Crippen molar-refractivity contribution >= 4 is 17.1 Å². The van der Waals surface area contributed by atoms with Gasteiger partial charge in [-0.05, 0) is 40.5 Å². The van der Waals surface area contributed by atoms with Crippen LogP contribution in [-0.2, 0) is 16.0 Å². The lowest BCUT2D eigenvalue weighted by atomic mass is 9.96. The van der Waals surface area contributed by atoms with E-state index in [9.17, 15) is 9.35 Å². The minimum Gasteiger partial charge on any atom is -0.616 e. The Labute approximate surface area is 152 Å². The summed E-state index contributed by atoms with van der Waals surface area (Å²) in [5.41, 5.74) is -0.302. The van der Waals surface area contributed by atoms with E-state index in [4.69, 9.17) is 0 Å². The summed E-state index contributed by atoms with van der Waals surface area (Å²) >= 11 is -0.808. The number of unbranched alkanes of at least 4 members (excludes halogenated alkanes) is 5. The van der Waals surface area contributed by atoms with Crippen molar-refractivity contribution in [2.75, 3.05) is 24.6 Å². The maximum absolute atomic E-state index is 12.5. The van der Waals surface area contributed by atoms with E-state index in [0.717, 1.165) is 12.2 Å². The predicted octanol–water partition coefficient (Wildman–Crippen LogP) is 3.47. The maximum atomic E-state index is 12.5. The second kappa shape index (κ2) is 10.0. The smallest absolute Gasteiger partial charge is 0.224 e. The van der Waals surface area contributed by atoms with Crippen molar-refractivity contribution in [3.8, 4) is 0 Å². The molecule has 24 heavy (non-hydrogen) atoms. The van der Waals surface area contributed by atoms with Crippen molar-refractivity contribution < 1.29 is 9.35 Å². The highest BCUT2D eigenvalue weighted by molar-refractivity contribution is 7.91. The normalized spacial score (nSPS) is 21.6. The topological polar surface area (TPSA) is 55.4 Å². The molecule has 5 heteroatoms. The van der Waals surface area contributed by atoms with E-state index in [0.29, 0.717) is 25.3 Å². The van der Waals surface area contributed by atoms with Crippen LogP contribution in [0.15, 0.2) is 0 Å². The van der Waals surface area contributed by atoms with Crippen LogP contribution < -0.4 is 5.32 Å². The Balaban J connectivity index is 2.33. The third kappa shape index (κ3) is 8.72. The Bertz CT molecular complexity index is 386. The number of hydrogen-bond donors (Lipinski definition) is 1. The Morgan fingerprint density at radius 2 is 1.67 bits per heavy atom. The largest absolute Gasteiger partial charge is 0.616 e. The molecule has 1 aliphatic heterocycles. The molecule has 0 bridgehead atoms. The number of amides is 1. The molecule has 1 unspecified atom stereocenters. The van der Waals surface area contributed by atoms with Gasteiger partial charge in [-0.15, -0.1) is 0 Å². The first-order valence-electron chi connectivity index (χ1n) is 9.57. The molecule has 0 aromatic carbocycles. The summed E-state index contributed by atoms with van der Waals surface area (Å²) in [5.74, 6) is 1.56. The van der Waals surface area contributed by atoms with E-state index >= 15 is 0 Å². The van der Waals surface area contributed by atoms with Crippen LogP contribution in [0.3, 0.4) is 0 Å². The molecule has 1 N–H and O–H groups in total. The second-order valence-corrected chi connectivity index (χ2v) is 10.2. The van der Waals surface area contributed by atoms with Crippen molar-refractivity contribution in [3.05, 3.63) is 0 Å². The molecule has 0 aromatic heterocycles. The van der Waals surface area contributed by atoms with Gasteiger partial charge >= 0.3 is 0 Å². The van der Waals surface area contributed by atoms with E-state index in [-0.39, 0.29) is 17.0 Å². The molecule has 0 aromatic rings. The van der Waals surface area contributed by atoms with Crippen LogP contribution in [0.5, 0.6) is 0 Å². The van der Waals surface area contributed by atoms with Gasteiger partial charge in [-0.25, -0.2) is 0 Å². The Kier molecular flexibility index (Phi) is 9.10. The number of hydrogen-bond acceptors (Lipinski definition) is 3. The molecule has 1 rings (SSSR count). The monoisotopic (exact) mass is 358 g/mol. The van der Waals surface area contributed by atoms with Crippen LogP contribution in [0.4, 0.5) is 0 Å². The van der Waals surface area contributed by atoms with E-state index in [1.165, 1.54) is 32.1 Å². The molecule has 142 valence electrons. The van der Waals surface area contributed by atoms with Crippen molar-refractivity contribution in [2.24, 2.45) is 0 Å². The number of nitrogens with one attached hydrogen (secondary N) is 1. The average Bonchev–Trinajstić information content (AvgIpc) is 2.52. The van der Waals surface area contributed by atoms with Crippen LogP contribution in [0, 0.1) is 0 Å². The fraction of sp³-hybridized carbons (Fsp3) is 0.947. The van der Waals surface area contributed by atoms with Gasteiger partial charge in [-0.2, -0.15) is 0 Å². The van der Waals surface area contributed by atoms with Gasteiger partial charge in [-0.1, -0.05) is 43.8 Å². The Morgan fingerprint density at radius 3 is 2.33 bits per heavy atom. The molecule has 4 nitrogen and oxygen atoms in total. The van der Waals surface area contributed by atoms with Gasteiger partial charge in [0.2, 0.25) is 5.91 Å². The van der Waals surface area contributed by atoms with Gasteiger partial charge < -0.3 is 14.8 Å². The fourth-order valence-corrected chi connectivity index (χ4v) is 4.77. The number of carbonyl (C=O) groups excluding carboxylic acids is 1. The maximum Gasteiger partial charge on any atom is 0.224 e. The molecule has 0 saturated carbocycles. The summed E-state index contributed by atoms with van der Waals surface area (Å²) in [6.07, 6.45) is 7.84. The summed E-state index contributed by atoms with van der Waals surface area (Å²) in [5, 5.41) is 3.56. The van der Waals surface area contributed by atoms with Crippen LogP contribution in [-0.4, -0.2) is 51.0 Å². The lowest BCUT2D eigenvalue weighted by molar-refractivity contribution is -0.131. The first-order chi connectivity index (χ1) is 11.2. The zero-order valence-electron chi connectivity index (χ0n) is 16.5. The van der Waals surface area contributed by atoms with Crippen LogP contribution >= 0.6 is 0 Å². The van der Waals surface area contributed by atoms with E-state index < -0.39 is 11.2 Å². The molecule has 1 saturated heterocycles. The Morgan fingerprint density at radius 1 is 1.04 bits per heavy atom. The predicted molar refractivity (Wildman–Crippen MR) is 104 cm³/mol. The zero-order chi connectivity index (χ0) is 18.2. The van der Waals surface area contributed by atoms with E-state index in [2.05, 4.69) is 39.9 Å². The lowest BCUT2D eigenvalue weighted by Crippen LogP contribution is -2.53. The van der Waals surface area contributed by atoms with E-state index in [1.807, 2.05) is 4.90 Å². The Hall–Kier alpha value is -0.260. The van der Waals surface area contributed by atoms with E-state index in [1.54, 1.807) is 0 Å². The van der Waals surface area contributed by atoms with Crippen molar-refractivity contribution in [3.63, 3.8) is 0 Å². The van der Waals surface area contributed by atoms with Gasteiger partial charge in [0, 0.05) is 24.0 Å². The summed E-state index contributed by atoms with van der Waals surface area (Å²) in [4.78, 5) is 14.4. The van der Waals surface area contributed by atoms with Gasteiger partial charge in [0.25, 0.3) is 0 Å². The molecule has 1 atom stereocenters. The second-order valence-electron chi connectivity index (χ2n) is 8.50. The van der Waals surface area contributed by atoms with Crippen LogP contribution in [0.2, 0.25) is 0 Å². The molecule has 1 heterocycles. The number of carbonyl (C=O) groups is 1. The molecular formula is C19H38N2O2S. The molecule has 0 aliphatic carbocycles. The van der Waals surface area contributed by atoms with Crippen molar-refractivity contribution in [1.82, 2.24) is 10.2 Å². The summed E-state index contributed by atoms with van der Waals surface area (Å²) < 4.78 is 12.2. The lowest BCUT2D eigenvalue weighted by Gasteiger charge is -2.34. The van der Waals surface area contributed by atoms with Crippen LogP contribution in [0.1, 0.15) is 79.6 Å². The van der Waals surface area contributed by atoms with Crippen LogP contribution in [0.25, 0.3) is 0 Å². The molecule has 1 fully saturated rings. The summed E-state index contributed by atoms with van der Waals surface area (Å²) in [6, 6.07) is 0. The standard InChI is InChI=1S/C19H38N2O2S/c1-6-7-8-9-10-11-13-24(23)14-12-21-16-19(4,5)20-18(2,3)15-17(21)22/h20H,6-16H2,1-5H3. The minimum absolute atomic E-state index is 0.115. The minimum atomic E-state index is -0.808. The molecule has 1 amide bonds. The SMILES string of the molecule is CCCCCCCC[S+]([O-])CCN1CC(C)(C)NC(C)(C)CC1=O. The first-order valence-corrected chi connectivity index (χ1v) is 11.1. The van der Waals surface area contributed by atoms with Gasteiger partial charge in [-0.3, -0.25) is 4.79 Å². The average molecular weight is 359 g/mol. The molecule has 1 aliphatic rings. The summed E-state index contributed by atoms with van der Waals surface area (Å²) in [7, 11) is 0. The zero-order valence-corrected chi connectivity index (χ0v) is 17.3. The quantitative estimate of drug-likeness (QED) is 0.480. The van der Waals surface area contributed by atoms with Gasteiger partial charge in [0.1, 0.15) is 11.5 Å². The third-order valence-corrected chi connectivity index (χ3v) is 5.91. The summed E-state index contributed by atoms with van der Waals surface area (Å²) in [6.45, 7) is 11.9. The highest BCUT2D eigenvalue weighted by atomic mass is 32.2. The van der Waals surface area contributed by atoms with Gasteiger partial charge in [0.15, 0.2) is 0 Å². The van der Waals surface area contributed by atoms with Crippen molar-refractivity contribution in [2.45, 2.75) is 90.6 Å². The fourth-order valence-electron chi connectivity index (χ4n) is 3.62. The molecular weight excluding hydrogens is 320 g/mol. The molecule has 0 spiro atoms. The van der Waals surface area contributed by atoms with Gasteiger partial charge in [0.05, 0.1) is 6.54 Å². The highest BCUT2D eigenvalue weighted by Gasteiger charge is 2.37. The highest BCUT2D eigenvalue weighted by Crippen LogP contribution is 2.22. The first kappa shape index (κ1) is 21.8.